The minimum atomic E-state index is 0.359. The molecule has 0 aliphatic heterocycles. The van der Waals surface area contributed by atoms with Crippen molar-refractivity contribution >= 4 is 11.3 Å². The first-order chi connectivity index (χ1) is 10.3. The summed E-state index contributed by atoms with van der Waals surface area (Å²) in [6.07, 6.45) is 16.0. The van der Waals surface area contributed by atoms with Crippen LogP contribution in [-0.2, 0) is 12.8 Å². The first kappa shape index (κ1) is 18.7. The molecule has 0 aliphatic carbocycles. The molecule has 1 aromatic heterocycles. The lowest BCUT2D eigenvalue weighted by Crippen LogP contribution is -2.22. The fourth-order valence-corrected chi connectivity index (χ4v) is 3.85. The Morgan fingerprint density at radius 1 is 0.857 bits per heavy atom. The van der Waals surface area contributed by atoms with Crippen molar-refractivity contribution in [1.29, 1.82) is 0 Å². The maximum absolute atomic E-state index is 6.26. The minimum absolute atomic E-state index is 0.359. The largest absolute Gasteiger partial charge is 0.327 e. The molecule has 1 rings (SSSR count). The van der Waals surface area contributed by atoms with Gasteiger partial charge in [0.1, 0.15) is 0 Å². The van der Waals surface area contributed by atoms with Gasteiger partial charge in [0.15, 0.2) is 0 Å². The lowest BCUT2D eigenvalue weighted by atomic mass is 10.0. The topological polar surface area (TPSA) is 26.0 Å². The van der Waals surface area contributed by atoms with Crippen LogP contribution in [0, 0.1) is 0 Å². The van der Waals surface area contributed by atoms with E-state index >= 15 is 0 Å². The van der Waals surface area contributed by atoms with Crippen LogP contribution >= 0.6 is 11.3 Å². The van der Waals surface area contributed by atoms with Gasteiger partial charge in [0.05, 0.1) is 0 Å². The number of aryl methyl sites for hydroxylation is 1. The van der Waals surface area contributed by atoms with Crippen molar-refractivity contribution in [3.63, 3.8) is 0 Å². The highest BCUT2D eigenvalue weighted by Crippen LogP contribution is 2.19. The van der Waals surface area contributed by atoms with Gasteiger partial charge in [0.2, 0.25) is 0 Å². The molecule has 0 aromatic carbocycles. The molecule has 0 aliphatic rings. The standard InChI is InChI=1S/C19H35NS/c1-3-5-6-7-8-9-10-11-12-13-17(20)16-19-15-14-18(4-2)21-19/h14-15,17H,3-13,16,20H2,1-2H3. The van der Waals surface area contributed by atoms with Gasteiger partial charge in [-0.25, -0.2) is 0 Å². The van der Waals surface area contributed by atoms with Crippen LogP contribution in [-0.4, -0.2) is 6.04 Å². The number of hydrogen-bond donors (Lipinski definition) is 1. The number of unbranched alkanes of at least 4 members (excludes halogenated alkanes) is 8. The third-order valence-electron chi connectivity index (χ3n) is 4.21. The molecule has 0 saturated heterocycles. The van der Waals surface area contributed by atoms with Crippen molar-refractivity contribution < 1.29 is 0 Å². The predicted molar refractivity (Wildman–Crippen MR) is 97.2 cm³/mol. The van der Waals surface area contributed by atoms with Crippen molar-refractivity contribution in [2.24, 2.45) is 5.73 Å². The molecule has 1 atom stereocenters. The molecule has 0 amide bonds. The maximum atomic E-state index is 6.26. The normalized spacial score (nSPS) is 12.7. The van der Waals surface area contributed by atoms with Crippen molar-refractivity contribution in [2.45, 2.75) is 96.9 Å². The maximum Gasteiger partial charge on any atom is 0.00871 e. The number of hydrogen-bond acceptors (Lipinski definition) is 2. The van der Waals surface area contributed by atoms with Crippen LogP contribution in [0.4, 0.5) is 0 Å². The van der Waals surface area contributed by atoms with E-state index in [1.54, 1.807) is 0 Å². The highest BCUT2D eigenvalue weighted by atomic mass is 32.1. The third kappa shape index (κ3) is 9.31. The molecule has 0 fully saturated rings. The van der Waals surface area contributed by atoms with E-state index in [0.29, 0.717) is 6.04 Å². The van der Waals surface area contributed by atoms with Crippen LogP contribution in [0.25, 0.3) is 0 Å². The zero-order valence-electron chi connectivity index (χ0n) is 14.2. The molecule has 21 heavy (non-hydrogen) atoms. The third-order valence-corrected chi connectivity index (χ3v) is 5.46. The van der Waals surface area contributed by atoms with E-state index in [-0.39, 0.29) is 0 Å². The summed E-state index contributed by atoms with van der Waals surface area (Å²) in [5.41, 5.74) is 6.26. The number of thiophene rings is 1. The zero-order valence-corrected chi connectivity index (χ0v) is 15.0. The van der Waals surface area contributed by atoms with Crippen LogP contribution in [0.1, 0.15) is 87.8 Å². The smallest absolute Gasteiger partial charge is 0.00871 e. The highest BCUT2D eigenvalue weighted by molar-refractivity contribution is 7.11. The molecule has 0 spiro atoms. The van der Waals surface area contributed by atoms with Crippen LogP contribution in [0.3, 0.4) is 0 Å². The Bertz CT molecular complexity index is 345. The van der Waals surface area contributed by atoms with Gasteiger partial charge in [-0.1, -0.05) is 71.6 Å². The molecule has 0 radical (unpaired) electrons. The Labute approximate surface area is 136 Å². The quantitative estimate of drug-likeness (QED) is 0.438. The highest BCUT2D eigenvalue weighted by Gasteiger charge is 2.06. The van der Waals surface area contributed by atoms with Crippen molar-refractivity contribution in [3.05, 3.63) is 21.9 Å². The summed E-state index contributed by atoms with van der Waals surface area (Å²) in [6.45, 7) is 4.50. The van der Waals surface area contributed by atoms with Crippen LogP contribution in [0.2, 0.25) is 0 Å². The zero-order chi connectivity index (χ0) is 15.3. The van der Waals surface area contributed by atoms with E-state index < -0.39 is 0 Å². The van der Waals surface area contributed by atoms with Crippen molar-refractivity contribution in [1.82, 2.24) is 0 Å². The molecular formula is C19H35NS. The van der Waals surface area contributed by atoms with Crippen molar-refractivity contribution in [3.8, 4) is 0 Å². The van der Waals surface area contributed by atoms with Gasteiger partial charge < -0.3 is 5.73 Å². The summed E-state index contributed by atoms with van der Waals surface area (Å²) in [5.74, 6) is 0. The van der Waals surface area contributed by atoms with Crippen LogP contribution in [0.15, 0.2) is 12.1 Å². The van der Waals surface area contributed by atoms with Gasteiger partial charge in [0.25, 0.3) is 0 Å². The molecule has 1 nitrogen and oxygen atoms in total. The Morgan fingerprint density at radius 2 is 1.43 bits per heavy atom. The Balaban J connectivity index is 1.94. The molecule has 2 N–H and O–H groups in total. The summed E-state index contributed by atoms with van der Waals surface area (Å²) in [5, 5.41) is 0. The van der Waals surface area contributed by atoms with Gasteiger partial charge in [-0.2, -0.15) is 0 Å². The first-order valence-electron chi connectivity index (χ1n) is 9.09. The number of rotatable bonds is 13. The molecule has 122 valence electrons. The van der Waals surface area contributed by atoms with Gasteiger partial charge >= 0.3 is 0 Å². The van der Waals surface area contributed by atoms with E-state index in [0.717, 1.165) is 12.8 Å². The Hall–Kier alpha value is -0.340. The Morgan fingerprint density at radius 3 is 2.00 bits per heavy atom. The monoisotopic (exact) mass is 309 g/mol. The van der Waals surface area contributed by atoms with Gasteiger partial charge in [-0.3, -0.25) is 0 Å². The second kappa shape index (κ2) is 12.2. The van der Waals surface area contributed by atoms with Gasteiger partial charge in [-0.15, -0.1) is 11.3 Å². The summed E-state index contributed by atoms with van der Waals surface area (Å²) < 4.78 is 0. The van der Waals surface area contributed by atoms with E-state index in [9.17, 15) is 0 Å². The van der Waals surface area contributed by atoms with E-state index in [1.807, 2.05) is 11.3 Å². The van der Waals surface area contributed by atoms with Gasteiger partial charge in [-0.05, 0) is 31.4 Å². The second-order valence-electron chi connectivity index (χ2n) is 6.30. The SMILES string of the molecule is CCCCCCCCCCCC(N)Cc1ccc(CC)s1. The number of nitrogens with two attached hydrogens (primary N) is 1. The fraction of sp³-hybridized carbons (Fsp3) is 0.789. The average Bonchev–Trinajstić information content (AvgIpc) is 2.93. The first-order valence-corrected chi connectivity index (χ1v) is 9.91. The minimum Gasteiger partial charge on any atom is -0.327 e. The molecule has 1 heterocycles. The van der Waals surface area contributed by atoms with Crippen molar-refractivity contribution in [2.75, 3.05) is 0 Å². The summed E-state index contributed by atoms with van der Waals surface area (Å²) in [6, 6.07) is 4.88. The predicted octanol–water partition coefficient (Wildman–Crippen LogP) is 6.10. The van der Waals surface area contributed by atoms with Crippen LogP contribution in [0.5, 0.6) is 0 Å². The van der Waals surface area contributed by atoms with E-state index in [2.05, 4.69) is 26.0 Å². The summed E-state index contributed by atoms with van der Waals surface area (Å²) in [7, 11) is 0. The summed E-state index contributed by atoms with van der Waals surface area (Å²) >= 11 is 1.94. The lowest BCUT2D eigenvalue weighted by Gasteiger charge is -2.10. The van der Waals surface area contributed by atoms with Crippen LogP contribution < -0.4 is 5.73 Å². The summed E-state index contributed by atoms with van der Waals surface area (Å²) in [4.78, 5) is 2.95. The molecule has 1 unspecified atom stereocenters. The van der Waals surface area contributed by atoms with Gasteiger partial charge in [0, 0.05) is 15.8 Å². The van der Waals surface area contributed by atoms with E-state index in [4.69, 9.17) is 5.73 Å². The van der Waals surface area contributed by atoms with E-state index in [1.165, 1.54) is 74.0 Å². The second-order valence-corrected chi connectivity index (χ2v) is 7.56. The Kier molecular flexibility index (Phi) is 10.9. The lowest BCUT2D eigenvalue weighted by molar-refractivity contribution is 0.523. The molecule has 0 saturated carbocycles. The fourth-order valence-electron chi connectivity index (χ4n) is 2.80. The molecular weight excluding hydrogens is 274 g/mol. The molecule has 0 bridgehead atoms. The molecule has 1 aromatic rings. The average molecular weight is 310 g/mol. The molecule has 2 heteroatoms.